The first kappa shape index (κ1) is 18.1. The van der Waals surface area contributed by atoms with Crippen molar-refractivity contribution < 1.29 is 19.0 Å². The quantitative estimate of drug-likeness (QED) is 0.264. The summed E-state index contributed by atoms with van der Waals surface area (Å²) in [5.74, 6) is -0.155. The molecule has 0 radical (unpaired) electrons. The Morgan fingerprint density at radius 1 is 1.05 bits per heavy atom. The summed E-state index contributed by atoms with van der Waals surface area (Å²) in [6.07, 6.45) is 7.08. The van der Waals surface area contributed by atoms with Gasteiger partial charge in [0, 0.05) is 12.8 Å². The fourth-order valence-corrected chi connectivity index (χ4v) is 1.54. The van der Waals surface area contributed by atoms with Crippen molar-refractivity contribution in [1.29, 1.82) is 0 Å². The molecule has 4 nitrogen and oxygen atoms in total. The van der Waals surface area contributed by atoms with Crippen LogP contribution in [-0.2, 0) is 19.0 Å². The van der Waals surface area contributed by atoms with Gasteiger partial charge in [0.25, 0.3) is 0 Å². The molecule has 0 aliphatic carbocycles. The minimum absolute atomic E-state index is 0.150. The third-order valence-electron chi connectivity index (χ3n) is 2.32. The number of hydrogen-bond donors (Lipinski definition) is 0. The zero-order valence-corrected chi connectivity index (χ0v) is 12.8. The van der Waals surface area contributed by atoms with Crippen LogP contribution in [-0.4, -0.2) is 31.6 Å². The molecule has 0 aromatic heterocycles. The lowest BCUT2D eigenvalue weighted by atomic mass is 10.2. The first-order chi connectivity index (χ1) is 8.95. The molecule has 0 heterocycles. The maximum atomic E-state index is 10.9. The Morgan fingerprint density at radius 2 is 1.63 bits per heavy atom. The number of methoxy groups -OCH3 is 1. The second-order valence-electron chi connectivity index (χ2n) is 4.97. The van der Waals surface area contributed by atoms with E-state index in [1.54, 1.807) is 0 Å². The van der Waals surface area contributed by atoms with Gasteiger partial charge in [0.2, 0.25) is 0 Å². The molecule has 0 aliphatic heterocycles. The number of rotatable bonds is 10. The molecule has 0 spiro atoms. The van der Waals surface area contributed by atoms with Crippen LogP contribution in [0, 0.1) is 0 Å². The molecular formula is C15H28O4. The lowest BCUT2D eigenvalue weighted by Gasteiger charge is -2.21. The second kappa shape index (κ2) is 11.0. The third-order valence-corrected chi connectivity index (χ3v) is 2.32. The van der Waals surface area contributed by atoms with E-state index in [2.05, 4.69) is 10.8 Å². The maximum Gasteiger partial charge on any atom is 0.305 e. The summed E-state index contributed by atoms with van der Waals surface area (Å²) in [4.78, 5) is 10.9. The SMILES string of the molecule is COC(=O)CCC/C=C\CC(OC(C)C)OC(C)C. The number of esters is 1. The van der Waals surface area contributed by atoms with E-state index in [4.69, 9.17) is 9.47 Å². The lowest BCUT2D eigenvalue weighted by Crippen LogP contribution is -2.23. The summed E-state index contributed by atoms with van der Waals surface area (Å²) >= 11 is 0. The van der Waals surface area contributed by atoms with Gasteiger partial charge in [-0.3, -0.25) is 4.79 Å². The molecule has 0 N–H and O–H groups in total. The molecule has 0 saturated carbocycles. The van der Waals surface area contributed by atoms with Crippen LogP contribution in [0.4, 0.5) is 0 Å². The van der Waals surface area contributed by atoms with E-state index in [1.165, 1.54) is 7.11 Å². The largest absolute Gasteiger partial charge is 0.469 e. The Labute approximate surface area is 117 Å². The average Bonchev–Trinajstić information content (AvgIpc) is 2.31. The van der Waals surface area contributed by atoms with E-state index < -0.39 is 0 Å². The average molecular weight is 272 g/mol. The predicted molar refractivity (Wildman–Crippen MR) is 75.9 cm³/mol. The molecule has 0 saturated heterocycles. The van der Waals surface area contributed by atoms with Crippen molar-refractivity contribution in [3.05, 3.63) is 12.2 Å². The monoisotopic (exact) mass is 272 g/mol. The van der Waals surface area contributed by atoms with Gasteiger partial charge >= 0.3 is 5.97 Å². The molecule has 0 bridgehead atoms. The highest BCUT2D eigenvalue weighted by Crippen LogP contribution is 2.09. The highest BCUT2D eigenvalue weighted by atomic mass is 16.7. The number of unbranched alkanes of at least 4 members (excludes halogenated alkanes) is 1. The van der Waals surface area contributed by atoms with Crippen molar-refractivity contribution in [2.45, 2.75) is 71.9 Å². The predicted octanol–water partition coefficient (Wildman–Crippen LogP) is 3.45. The number of carbonyl (C=O) groups excluding carboxylic acids is 1. The van der Waals surface area contributed by atoms with Crippen LogP contribution in [0.1, 0.15) is 53.4 Å². The zero-order chi connectivity index (χ0) is 14.7. The van der Waals surface area contributed by atoms with Gasteiger partial charge in [-0.2, -0.15) is 0 Å². The molecule has 0 rings (SSSR count). The highest BCUT2D eigenvalue weighted by molar-refractivity contribution is 5.68. The van der Waals surface area contributed by atoms with Crippen molar-refractivity contribution in [2.24, 2.45) is 0 Å². The summed E-state index contributed by atoms with van der Waals surface area (Å²) in [5.41, 5.74) is 0. The van der Waals surface area contributed by atoms with Crippen LogP contribution in [0.15, 0.2) is 12.2 Å². The minimum atomic E-state index is -0.197. The molecule has 0 amide bonds. The van der Waals surface area contributed by atoms with Gasteiger partial charge in [0.05, 0.1) is 19.3 Å². The Kier molecular flexibility index (Phi) is 10.5. The third kappa shape index (κ3) is 11.9. The van der Waals surface area contributed by atoms with E-state index in [0.717, 1.165) is 19.3 Å². The van der Waals surface area contributed by atoms with Gasteiger partial charge in [0.15, 0.2) is 6.29 Å². The van der Waals surface area contributed by atoms with Crippen LogP contribution >= 0.6 is 0 Å². The van der Waals surface area contributed by atoms with Crippen molar-refractivity contribution in [2.75, 3.05) is 7.11 Å². The first-order valence-electron chi connectivity index (χ1n) is 6.98. The molecule has 4 heteroatoms. The van der Waals surface area contributed by atoms with Crippen LogP contribution in [0.3, 0.4) is 0 Å². The number of allylic oxidation sites excluding steroid dienone is 1. The molecular weight excluding hydrogens is 244 g/mol. The highest BCUT2D eigenvalue weighted by Gasteiger charge is 2.11. The number of ether oxygens (including phenoxy) is 3. The Bertz CT molecular complexity index is 249. The summed E-state index contributed by atoms with van der Waals surface area (Å²) in [7, 11) is 1.41. The summed E-state index contributed by atoms with van der Waals surface area (Å²) in [6.45, 7) is 7.99. The lowest BCUT2D eigenvalue weighted by molar-refractivity contribution is -0.178. The molecule has 0 aromatic rings. The van der Waals surface area contributed by atoms with Gasteiger partial charge in [-0.25, -0.2) is 0 Å². The number of hydrogen-bond acceptors (Lipinski definition) is 4. The fourth-order valence-electron chi connectivity index (χ4n) is 1.54. The Balaban J connectivity index is 3.86. The van der Waals surface area contributed by atoms with Crippen molar-refractivity contribution in [3.63, 3.8) is 0 Å². The van der Waals surface area contributed by atoms with Crippen LogP contribution in [0.2, 0.25) is 0 Å². The van der Waals surface area contributed by atoms with Gasteiger partial charge in [-0.15, -0.1) is 0 Å². The van der Waals surface area contributed by atoms with E-state index in [9.17, 15) is 4.79 Å². The van der Waals surface area contributed by atoms with E-state index in [-0.39, 0.29) is 24.5 Å². The molecule has 0 atom stereocenters. The Hall–Kier alpha value is -0.870. The van der Waals surface area contributed by atoms with Crippen LogP contribution < -0.4 is 0 Å². The molecule has 19 heavy (non-hydrogen) atoms. The molecule has 0 aliphatic rings. The molecule has 0 unspecified atom stereocenters. The van der Waals surface area contributed by atoms with Crippen molar-refractivity contribution in [3.8, 4) is 0 Å². The van der Waals surface area contributed by atoms with Crippen LogP contribution in [0.5, 0.6) is 0 Å². The van der Waals surface area contributed by atoms with Crippen LogP contribution in [0.25, 0.3) is 0 Å². The van der Waals surface area contributed by atoms with Crippen molar-refractivity contribution >= 4 is 5.97 Å². The summed E-state index contributed by atoms with van der Waals surface area (Å²) in [5, 5.41) is 0. The second-order valence-corrected chi connectivity index (χ2v) is 4.97. The Morgan fingerprint density at radius 3 is 2.11 bits per heavy atom. The standard InChI is InChI=1S/C15H28O4/c1-12(2)18-15(19-13(3)4)11-9-7-6-8-10-14(16)17-5/h7,9,12-13,15H,6,8,10-11H2,1-5H3/b9-7-. The van der Waals surface area contributed by atoms with E-state index >= 15 is 0 Å². The van der Waals surface area contributed by atoms with Gasteiger partial charge in [-0.05, 0) is 40.5 Å². The smallest absolute Gasteiger partial charge is 0.305 e. The van der Waals surface area contributed by atoms with Gasteiger partial charge in [-0.1, -0.05) is 12.2 Å². The summed E-state index contributed by atoms with van der Waals surface area (Å²) < 4.78 is 15.9. The van der Waals surface area contributed by atoms with E-state index in [1.807, 2.05) is 33.8 Å². The summed E-state index contributed by atoms with van der Waals surface area (Å²) in [6, 6.07) is 0. The van der Waals surface area contributed by atoms with Crippen molar-refractivity contribution in [1.82, 2.24) is 0 Å². The normalized spacial score (nSPS) is 12.0. The maximum absolute atomic E-state index is 10.9. The number of carbonyl (C=O) groups is 1. The topological polar surface area (TPSA) is 44.8 Å². The molecule has 0 fully saturated rings. The molecule has 0 aromatic carbocycles. The van der Waals surface area contributed by atoms with E-state index in [0.29, 0.717) is 6.42 Å². The van der Waals surface area contributed by atoms with Gasteiger partial charge < -0.3 is 14.2 Å². The first-order valence-corrected chi connectivity index (χ1v) is 6.98. The zero-order valence-electron chi connectivity index (χ0n) is 12.8. The van der Waals surface area contributed by atoms with Gasteiger partial charge in [0.1, 0.15) is 0 Å². The molecule has 112 valence electrons. The fraction of sp³-hybridized carbons (Fsp3) is 0.800. The minimum Gasteiger partial charge on any atom is -0.469 e.